The first-order valence-corrected chi connectivity index (χ1v) is 10.8. The quantitative estimate of drug-likeness (QED) is 0.595. The first-order chi connectivity index (χ1) is 14.0. The minimum atomic E-state index is -4.31. The van der Waals surface area contributed by atoms with Crippen LogP contribution < -0.4 is 9.46 Å². The fraction of sp³-hybridized carbons (Fsp3) is 0.455. The van der Waals surface area contributed by atoms with E-state index in [0.29, 0.717) is 11.0 Å². The van der Waals surface area contributed by atoms with Gasteiger partial charge in [-0.05, 0) is 73.5 Å². The molecule has 1 heterocycles. The average Bonchev–Trinajstić information content (AvgIpc) is 3.11. The highest BCUT2D eigenvalue weighted by Crippen LogP contribution is 2.31. The SMILES string of the molecule is FC(F)(F)c1cccc(SNC2CCN(Cc3ccc(OC4CCC4)cc3)C2)c1. The number of hydrogen-bond donors (Lipinski definition) is 1. The van der Waals surface area contributed by atoms with Crippen molar-refractivity contribution in [2.45, 2.75) is 55.4 Å². The fourth-order valence-corrected chi connectivity index (χ4v) is 4.40. The molecule has 3 nitrogen and oxygen atoms in total. The molecule has 1 atom stereocenters. The predicted octanol–water partition coefficient (Wildman–Crippen LogP) is 5.51. The van der Waals surface area contributed by atoms with Crippen molar-refractivity contribution >= 4 is 11.9 Å². The van der Waals surface area contributed by atoms with Crippen LogP contribution in [0.5, 0.6) is 5.75 Å². The van der Waals surface area contributed by atoms with Crippen LogP contribution >= 0.6 is 11.9 Å². The Kier molecular flexibility index (Phi) is 6.37. The molecule has 2 fully saturated rings. The predicted molar refractivity (Wildman–Crippen MR) is 109 cm³/mol. The first kappa shape index (κ1) is 20.6. The van der Waals surface area contributed by atoms with Crippen LogP contribution in [0.1, 0.15) is 36.8 Å². The molecular formula is C22H25F3N2OS. The van der Waals surface area contributed by atoms with Crippen LogP contribution in [-0.2, 0) is 12.7 Å². The lowest BCUT2D eigenvalue weighted by atomic mass is 9.96. The maximum Gasteiger partial charge on any atom is 0.416 e. The molecule has 0 aromatic heterocycles. The standard InChI is InChI=1S/C22H25F3N2OS/c23-22(24,25)17-3-1-6-21(13-17)29-26-18-11-12-27(15-18)14-16-7-9-20(10-8-16)28-19-4-2-5-19/h1,3,6-10,13,18-19,26H,2,4-5,11-12,14-15H2. The Balaban J connectivity index is 1.23. The summed E-state index contributed by atoms with van der Waals surface area (Å²) in [4.78, 5) is 2.95. The van der Waals surface area contributed by atoms with Crippen molar-refractivity contribution in [3.05, 3.63) is 59.7 Å². The van der Waals surface area contributed by atoms with Gasteiger partial charge < -0.3 is 4.74 Å². The Morgan fingerprint density at radius 1 is 1.07 bits per heavy atom. The van der Waals surface area contributed by atoms with E-state index in [1.807, 2.05) is 12.1 Å². The highest BCUT2D eigenvalue weighted by Gasteiger charge is 2.30. The molecule has 1 N–H and O–H groups in total. The molecular weight excluding hydrogens is 397 g/mol. The van der Waals surface area contributed by atoms with E-state index in [1.54, 1.807) is 6.07 Å². The maximum atomic E-state index is 12.8. The number of halogens is 3. The second-order valence-electron chi connectivity index (χ2n) is 7.78. The second kappa shape index (κ2) is 8.98. The van der Waals surface area contributed by atoms with Gasteiger partial charge in [-0.3, -0.25) is 9.62 Å². The van der Waals surface area contributed by atoms with Gasteiger partial charge >= 0.3 is 6.18 Å². The number of alkyl halides is 3. The molecule has 156 valence electrons. The number of nitrogens with zero attached hydrogens (tertiary/aromatic N) is 1. The molecule has 1 saturated carbocycles. The van der Waals surface area contributed by atoms with E-state index in [-0.39, 0.29) is 6.04 Å². The summed E-state index contributed by atoms with van der Waals surface area (Å²) >= 11 is 1.28. The summed E-state index contributed by atoms with van der Waals surface area (Å²) in [6.45, 7) is 2.73. The zero-order valence-electron chi connectivity index (χ0n) is 16.1. The average molecular weight is 423 g/mol. The van der Waals surface area contributed by atoms with Crippen LogP contribution in [0.15, 0.2) is 53.4 Å². The van der Waals surface area contributed by atoms with Crippen LogP contribution in [-0.4, -0.2) is 30.1 Å². The second-order valence-corrected chi connectivity index (χ2v) is 8.69. The molecule has 2 aliphatic rings. The molecule has 0 radical (unpaired) electrons. The highest BCUT2D eigenvalue weighted by molar-refractivity contribution is 7.97. The van der Waals surface area contributed by atoms with E-state index in [2.05, 4.69) is 21.8 Å². The Morgan fingerprint density at radius 2 is 1.86 bits per heavy atom. The lowest BCUT2D eigenvalue weighted by Crippen LogP contribution is -2.28. The smallest absolute Gasteiger partial charge is 0.416 e. The van der Waals surface area contributed by atoms with Crippen molar-refractivity contribution in [2.24, 2.45) is 0 Å². The fourth-order valence-electron chi connectivity index (χ4n) is 3.57. The summed E-state index contributed by atoms with van der Waals surface area (Å²) in [5.41, 5.74) is 0.638. The van der Waals surface area contributed by atoms with Crippen molar-refractivity contribution in [1.82, 2.24) is 9.62 Å². The van der Waals surface area contributed by atoms with E-state index in [9.17, 15) is 13.2 Å². The third-order valence-corrected chi connectivity index (χ3v) is 6.40. The Labute approximate surface area is 173 Å². The molecule has 29 heavy (non-hydrogen) atoms. The number of ether oxygens (including phenoxy) is 1. The van der Waals surface area contributed by atoms with Crippen LogP contribution in [0.25, 0.3) is 0 Å². The lowest BCUT2D eigenvalue weighted by molar-refractivity contribution is -0.137. The minimum Gasteiger partial charge on any atom is -0.490 e. The van der Waals surface area contributed by atoms with E-state index in [1.165, 1.54) is 36.1 Å². The molecule has 7 heteroatoms. The summed E-state index contributed by atoms with van der Waals surface area (Å²) in [7, 11) is 0. The van der Waals surface area contributed by atoms with Crippen molar-refractivity contribution in [3.63, 3.8) is 0 Å². The zero-order valence-corrected chi connectivity index (χ0v) is 16.9. The Morgan fingerprint density at radius 3 is 2.55 bits per heavy atom. The van der Waals surface area contributed by atoms with Gasteiger partial charge in [0.2, 0.25) is 0 Å². The van der Waals surface area contributed by atoms with Gasteiger partial charge in [0.15, 0.2) is 0 Å². The maximum absolute atomic E-state index is 12.8. The molecule has 1 aliphatic carbocycles. The molecule has 0 amide bonds. The molecule has 4 rings (SSSR count). The van der Waals surface area contributed by atoms with E-state index >= 15 is 0 Å². The van der Waals surface area contributed by atoms with Crippen molar-refractivity contribution < 1.29 is 17.9 Å². The lowest BCUT2D eigenvalue weighted by Gasteiger charge is -2.26. The highest BCUT2D eigenvalue weighted by atomic mass is 32.2. The summed E-state index contributed by atoms with van der Waals surface area (Å²) in [5, 5.41) is 0. The third-order valence-electron chi connectivity index (χ3n) is 5.46. The molecule has 2 aromatic rings. The monoisotopic (exact) mass is 422 g/mol. The van der Waals surface area contributed by atoms with Gasteiger partial charge in [-0.1, -0.05) is 18.2 Å². The summed E-state index contributed by atoms with van der Waals surface area (Å²) in [6.07, 6.45) is 0.637. The first-order valence-electron chi connectivity index (χ1n) is 10.0. The van der Waals surface area contributed by atoms with Gasteiger partial charge in [0.05, 0.1) is 11.7 Å². The summed E-state index contributed by atoms with van der Waals surface area (Å²) < 4.78 is 47.7. The molecule has 2 aromatic carbocycles. The largest absolute Gasteiger partial charge is 0.490 e. The summed E-state index contributed by atoms with van der Waals surface area (Å²) in [5.74, 6) is 0.942. The zero-order chi connectivity index (χ0) is 20.3. The normalized spacial score (nSPS) is 20.6. The Hall–Kier alpha value is -1.70. The third kappa shape index (κ3) is 5.68. The molecule has 1 saturated heterocycles. The number of likely N-dealkylation sites (tertiary alicyclic amines) is 1. The van der Waals surface area contributed by atoms with E-state index in [0.717, 1.165) is 50.7 Å². The number of benzene rings is 2. The summed E-state index contributed by atoms with van der Waals surface area (Å²) in [6, 6.07) is 14.0. The molecule has 1 aliphatic heterocycles. The van der Waals surface area contributed by atoms with Gasteiger partial charge in [-0.25, -0.2) is 0 Å². The molecule has 1 unspecified atom stereocenters. The van der Waals surface area contributed by atoms with Crippen molar-refractivity contribution in [2.75, 3.05) is 13.1 Å². The topological polar surface area (TPSA) is 24.5 Å². The number of nitrogens with one attached hydrogen (secondary N) is 1. The van der Waals surface area contributed by atoms with Gasteiger partial charge in [0.1, 0.15) is 5.75 Å². The minimum absolute atomic E-state index is 0.260. The van der Waals surface area contributed by atoms with Crippen molar-refractivity contribution in [1.29, 1.82) is 0 Å². The molecule has 0 spiro atoms. The van der Waals surface area contributed by atoms with Crippen LogP contribution in [0.4, 0.5) is 13.2 Å². The van der Waals surface area contributed by atoms with Crippen LogP contribution in [0, 0.1) is 0 Å². The van der Waals surface area contributed by atoms with Gasteiger partial charge in [0, 0.05) is 30.6 Å². The number of hydrogen-bond acceptors (Lipinski definition) is 4. The Bertz CT molecular complexity index is 808. The van der Waals surface area contributed by atoms with E-state index in [4.69, 9.17) is 4.74 Å². The van der Waals surface area contributed by atoms with Crippen molar-refractivity contribution in [3.8, 4) is 5.75 Å². The van der Waals surface area contributed by atoms with E-state index < -0.39 is 11.7 Å². The van der Waals surface area contributed by atoms with Gasteiger partial charge in [-0.2, -0.15) is 13.2 Å². The molecule has 0 bridgehead atoms. The van der Waals surface area contributed by atoms with Crippen LogP contribution in [0.3, 0.4) is 0 Å². The van der Waals surface area contributed by atoms with Gasteiger partial charge in [-0.15, -0.1) is 0 Å². The van der Waals surface area contributed by atoms with Gasteiger partial charge in [0.25, 0.3) is 0 Å². The number of rotatable bonds is 7. The van der Waals surface area contributed by atoms with Crippen LogP contribution in [0.2, 0.25) is 0 Å².